The Morgan fingerprint density at radius 2 is 2.04 bits per heavy atom. The van der Waals surface area contributed by atoms with Gasteiger partial charge in [0.05, 0.1) is 12.1 Å². The normalized spacial score (nSPS) is 16.6. The molecule has 120 valence electrons. The standard InChI is InChI=1S/C17H18N2O4/c1-17(16(21)22,12-7-8-12)19-14(20)9-13-10-23-15(18-13)11-5-3-2-4-6-11/h2-6,10,12H,7-9H2,1H3,(H,19,20)(H,21,22). The number of aliphatic carboxylic acids is 1. The minimum absolute atomic E-state index is 0.00105. The molecule has 0 bridgehead atoms. The fraction of sp³-hybridized carbons (Fsp3) is 0.353. The van der Waals surface area contributed by atoms with Crippen LogP contribution in [0.5, 0.6) is 0 Å². The summed E-state index contributed by atoms with van der Waals surface area (Å²) in [6, 6.07) is 9.37. The summed E-state index contributed by atoms with van der Waals surface area (Å²) in [5.74, 6) is -0.925. The van der Waals surface area contributed by atoms with E-state index in [1.165, 1.54) is 6.26 Å². The predicted octanol–water partition coefficient (Wildman–Crippen LogP) is 2.25. The van der Waals surface area contributed by atoms with Crippen LogP contribution in [0.4, 0.5) is 0 Å². The molecule has 6 heteroatoms. The molecule has 1 aromatic carbocycles. The highest BCUT2D eigenvalue weighted by molar-refractivity contribution is 5.88. The lowest BCUT2D eigenvalue weighted by Gasteiger charge is -2.25. The van der Waals surface area contributed by atoms with E-state index >= 15 is 0 Å². The molecular weight excluding hydrogens is 296 g/mol. The zero-order chi connectivity index (χ0) is 16.4. The molecule has 1 aliphatic rings. The van der Waals surface area contributed by atoms with E-state index < -0.39 is 11.5 Å². The second kappa shape index (κ2) is 5.87. The Morgan fingerprint density at radius 3 is 2.65 bits per heavy atom. The highest BCUT2D eigenvalue weighted by Gasteiger charge is 2.48. The minimum atomic E-state index is -1.21. The molecule has 1 heterocycles. The zero-order valence-corrected chi connectivity index (χ0v) is 12.8. The zero-order valence-electron chi connectivity index (χ0n) is 12.8. The van der Waals surface area contributed by atoms with Crippen LogP contribution in [-0.4, -0.2) is 27.5 Å². The van der Waals surface area contributed by atoms with Crippen molar-refractivity contribution in [2.45, 2.75) is 31.7 Å². The monoisotopic (exact) mass is 314 g/mol. The van der Waals surface area contributed by atoms with Crippen molar-refractivity contribution in [1.82, 2.24) is 10.3 Å². The van der Waals surface area contributed by atoms with Gasteiger partial charge in [-0.2, -0.15) is 0 Å². The lowest BCUT2D eigenvalue weighted by Crippen LogP contribution is -2.54. The smallest absolute Gasteiger partial charge is 0.329 e. The summed E-state index contributed by atoms with van der Waals surface area (Å²) in [7, 11) is 0. The summed E-state index contributed by atoms with van der Waals surface area (Å²) >= 11 is 0. The van der Waals surface area contributed by atoms with Crippen LogP contribution in [0.3, 0.4) is 0 Å². The molecule has 3 rings (SSSR count). The van der Waals surface area contributed by atoms with Crippen molar-refractivity contribution in [3.63, 3.8) is 0 Å². The van der Waals surface area contributed by atoms with Crippen LogP contribution in [0, 0.1) is 5.92 Å². The Balaban J connectivity index is 1.67. The molecule has 23 heavy (non-hydrogen) atoms. The Morgan fingerprint density at radius 1 is 1.35 bits per heavy atom. The number of hydrogen-bond donors (Lipinski definition) is 2. The topological polar surface area (TPSA) is 92.4 Å². The first-order valence-electron chi connectivity index (χ1n) is 7.53. The maximum atomic E-state index is 12.2. The van der Waals surface area contributed by atoms with Gasteiger partial charge in [-0.25, -0.2) is 9.78 Å². The number of carbonyl (C=O) groups is 2. The SMILES string of the molecule is CC(NC(=O)Cc1coc(-c2ccccc2)n1)(C(=O)O)C1CC1. The maximum absolute atomic E-state index is 12.2. The van der Waals surface area contributed by atoms with Crippen molar-refractivity contribution in [2.75, 3.05) is 0 Å². The molecule has 1 fully saturated rings. The van der Waals surface area contributed by atoms with Crippen molar-refractivity contribution in [2.24, 2.45) is 5.92 Å². The van der Waals surface area contributed by atoms with Gasteiger partial charge in [-0.3, -0.25) is 4.79 Å². The van der Waals surface area contributed by atoms with E-state index in [2.05, 4.69) is 10.3 Å². The third kappa shape index (κ3) is 3.26. The van der Waals surface area contributed by atoms with E-state index in [9.17, 15) is 14.7 Å². The molecule has 1 atom stereocenters. The number of rotatable bonds is 6. The Labute approximate surface area is 133 Å². The molecule has 0 radical (unpaired) electrons. The van der Waals surface area contributed by atoms with Crippen molar-refractivity contribution < 1.29 is 19.1 Å². The van der Waals surface area contributed by atoms with Crippen LogP contribution in [-0.2, 0) is 16.0 Å². The molecule has 1 unspecified atom stereocenters. The number of carboxylic acids is 1. The predicted molar refractivity (Wildman–Crippen MR) is 82.6 cm³/mol. The molecule has 1 amide bonds. The van der Waals surface area contributed by atoms with E-state index in [4.69, 9.17) is 4.42 Å². The van der Waals surface area contributed by atoms with Crippen LogP contribution in [0.1, 0.15) is 25.5 Å². The van der Waals surface area contributed by atoms with Gasteiger partial charge in [-0.1, -0.05) is 18.2 Å². The van der Waals surface area contributed by atoms with Crippen LogP contribution in [0.25, 0.3) is 11.5 Å². The van der Waals surface area contributed by atoms with Crippen LogP contribution in [0.15, 0.2) is 41.0 Å². The third-order valence-electron chi connectivity index (χ3n) is 4.15. The average Bonchev–Trinajstić information content (AvgIpc) is 3.29. The first-order chi connectivity index (χ1) is 11.0. The fourth-order valence-corrected chi connectivity index (χ4v) is 2.59. The van der Waals surface area contributed by atoms with Crippen molar-refractivity contribution in [3.8, 4) is 11.5 Å². The summed E-state index contributed by atoms with van der Waals surface area (Å²) in [5.41, 5.74) is 0.0979. The lowest BCUT2D eigenvalue weighted by atomic mass is 9.95. The largest absolute Gasteiger partial charge is 0.480 e. The van der Waals surface area contributed by atoms with Crippen molar-refractivity contribution in [3.05, 3.63) is 42.3 Å². The third-order valence-corrected chi connectivity index (χ3v) is 4.15. The summed E-state index contributed by atoms with van der Waals surface area (Å²) in [5, 5.41) is 12.0. The highest BCUT2D eigenvalue weighted by atomic mass is 16.4. The number of amides is 1. The summed E-state index contributed by atoms with van der Waals surface area (Å²) in [4.78, 5) is 27.9. The molecule has 0 aliphatic heterocycles. The minimum Gasteiger partial charge on any atom is -0.480 e. The number of nitrogens with zero attached hydrogens (tertiary/aromatic N) is 1. The number of aromatic nitrogens is 1. The maximum Gasteiger partial charge on any atom is 0.329 e. The molecule has 1 saturated carbocycles. The molecule has 0 spiro atoms. The molecular formula is C17H18N2O4. The van der Waals surface area contributed by atoms with Crippen molar-refractivity contribution >= 4 is 11.9 Å². The number of carbonyl (C=O) groups excluding carboxylic acids is 1. The Bertz CT molecular complexity index is 721. The highest BCUT2D eigenvalue weighted by Crippen LogP contribution is 2.39. The van der Waals surface area contributed by atoms with Gasteiger partial charge in [0.25, 0.3) is 0 Å². The Kier molecular flexibility index (Phi) is 3.90. The van der Waals surface area contributed by atoms with Gasteiger partial charge in [0.15, 0.2) is 0 Å². The quantitative estimate of drug-likeness (QED) is 0.853. The van der Waals surface area contributed by atoms with Gasteiger partial charge in [-0.15, -0.1) is 0 Å². The second-order valence-electron chi connectivity index (χ2n) is 6.02. The van der Waals surface area contributed by atoms with Crippen LogP contribution < -0.4 is 5.32 Å². The van der Waals surface area contributed by atoms with Crippen LogP contribution in [0.2, 0.25) is 0 Å². The van der Waals surface area contributed by atoms with Crippen LogP contribution >= 0.6 is 0 Å². The van der Waals surface area contributed by atoms with E-state index in [1.54, 1.807) is 6.92 Å². The average molecular weight is 314 g/mol. The van der Waals surface area contributed by atoms with Gasteiger partial charge in [0.1, 0.15) is 11.8 Å². The van der Waals surface area contributed by atoms with E-state index in [1.807, 2.05) is 30.3 Å². The van der Waals surface area contributed by atoms with Gasteiger partial charge >= 0.3 is 5.97 Å². The molecule has 1 aromatic heterocycles. The molecule has 0 saturated heterocycles. The number of carboxylic acid groups (broad SMARTS) is 1. The van der Waals surface area contributed by atoms with E-state index in [-0.39, 0.29) is 18.2 Å². The first kappa shape index (κ1) is 15.3. The first-order valence-corrected chi connectivity index (χ1v) is 7.53. The number of hydrogen-bond acceptors (Lipinski definition) is 4. The molecule has 6 nitrogen and oxygen atoms in total. The summed E-state index contributed by atoms with van der Waals surface area (Å²) < 4.78 is 5.38. The second-order valence-corrected chi connectivity index (χ2v) is 6.02. The van der Waals surface area contributed by atoms with E-state index in [0.29, 0.717) is 11.6 Å². The molecule has 1 aliphatic carbocycles. The van der Waals surface area contributed by atoms with E-state index in [0.717, 1.165) is 18.4 Å². The molecule has 2 aromatic rings. The van der Waals surface area contributed by atoms with Crippen molar-refractivity contribution in [1.29, 1.82) is 0 Å². The Hall–Kier alpha value is -2.63. The number of oxazole rings is 1. The lowest BCUT2D eigenvalue weighted by molar-refractivity contribution is -0.147. The number of benzene rings is 1. The van der Waals surface area contributed by atoms with Gasteiger partial charge in [0.2, 0.25) is 11.8 Å². The van der Waals surface area contributed by atoms with Gasteiger partial charge in [-0.05, 0) is 37.8 Å². The summed E-state index contributed by atoms with van der Waals surface area (Å²) in [6.45, 7) is 1.56. The summed E-state index contributed by atoms with van der Waals surface area (Å²) in [6.07, 6.45) is 3.07. The number of nitrogens with one attached hydrogen (secondary N) is 1. The fourth-order valence-electron chi connectivity index (χ4n) is 2.59. The van der Waals surface area contributed by atoms with Gasteiger partial charge < -0.3 is 14.8 Å². The molecule has 2 N–H and O–H groups in total. The van der Waals surface area contributed by atoms with Gasteiger partial charge in [0, 0.05) is 5.56 Å².